The minimum atomic E-state index is -0.505. The smallest absolute Gasteiger partial charge is 0.410 e. The van der Waals surface area contributed by atoms with Crippen LogP contribution in [0, 0.1) is 11.8 Å². The van der Waals surface area contributed by atoms with E-state index in [1.165, 1.54) is 7.11 Å². The predicted molar refractivity (Wildman–Crippen MR) is 127 cm³/mol. The molecule has 0 aromatic carbocycles. The third-order valence-electron chi connectivity index (χ3n) is 6.20. The number of esters is 1. The molecule has 3 rings (SSSR count). The molecule has 2 amide bonds. The molecule has 0 spiro atoms. The van der Waals surface area contributed by atoms with E-state index in [0.717, 1.165) is 45.1 Å². The molecular weight excluding hydrogens is 440 g/mol. The van der Waals surface area contributed by atoms with Gasteiger partial charge in [0.2, 0.25) is 0 Å². The Balaban J connectivity index is 0.000000240. The fourth-order valence-electron chi connectivity index (χ4n) is 4.27. The Bertz CT molecular complexity index is 722. The molecule has 1 N–H and O–H groups in total. The molecule has 1 saturated carbocycles. The zero-order valence-electron chi connectivity index (χ0n) is 22.0. The Hall–Kier alpha value is -2.03. The highest BCUT2D eigenvalue weighted by atomic mass is 16.6. The Kier molecular flexibility index (Phi) is 9.24. The highest BCUT2D eigenvalue weighted by Crippen LogP contribution is 2.45. The number of nitrogens with zero attached hydrogens (tertiary/aromatic N) is 2. The molecule has 3 fully saturated rings. The number of piperidine rings is 2. The summed E-state index contributed by atoms with van der Waals surface area (Å²) in [6.07, 6.45) is 4.74. The van der Waals surface area contributed by atoms with Crippen LogP contribution in [0.4, 0.5) is 9.59 Å². The molecule has 2 atom stereocenters. The number of methoxy groups -OCH3 is 1. The number of hydrogen-bond donors (Lipinski definition) is 1. The van der Waals surface area contributed by atoms with E-state index in [2.05, 4.69) is 0 Å². The van der Waals surface area contributed by atoms with Crippen molar-refractivity contribution in [3.05, 3.63) is 0 Å². The summed E-state index contributed by atoms with van der Waals surface area (Å²) < 4.78 is 15.3. The molecule has 2 aliphatic heterocycles. The van der Waals surface area contributed by atoms with Crippen LogP contribution < -0.4 is 0 Å². The number of aliphatic hydroxyl groups is 1. The van der Waals surface area contributed by atoms with Crippen molar-refractivity contribution >= 4 is 18.2 Å². The summed E-state index contributed by atoms with van der Waals surface area (Å²) in [7, 11) is 1.37. The minimum absolute atomic E-state index is 0.221. The first-order valence-corrected chi connectivity index (χ1v) is 12.4. The number of carbonyl (C=O) groups excluding carboxylic acids is 3. The van der Waals surface area contributed by atoms with Crippen molar-refractivity contribution < 1.29 is 33.7 Å². The molecule has 3 aliphatic rings. The molecule has 0 aromatic rings. The van der Waals surface area contributed by atoms with Gasteiger partial charge in [0.15, 0.2) is 0 Å². The molecule has 0 unspecified atom stereocenters. The van der Waals surface area contributed by atoms with Crippen LogP contribution in [0.1, 0.15) is 80.1 Å². The van der Waals surface area contributed by atoms with Crippen molar-refractivity contribution in [2.45, 2.75) is 96.9 Å². The van der Waals surface area contributed by atoms with Gasteiger partial charge in [0.25, 0.3) is 0 Å². The van der Waals surface area contributed by atoms with Crippen molar-refractivity contribution in [2.75, 3.05) is 33.3 Å². The van der Waals surface area contributed by atoms with Crippen LogP contribution in [-0.2, 0) is 19.0 Å². The van der Waals surface area contributed by atoms with E-state index in [9.17, 15) is 19.5 Å². The van der Waals surface area contributed by atoms with Gasteiger partial charge in [-0.1, -0.05) is 0 Å². The lowest BCUT2D eigenvalue weighted by atomic mass is 9.91. The normalized spacial score (nSPS) is 24.4. The van der Waals surface area contributed by atoms with Crippen molar-refractivity contribution in [1.82, 2.24) is 9.80 Å². The lowest BCUT2D eigenvalue weighted by molar-refractivity contribution is -0.147. The maximum atomic E-state index is 11.9. The monoisotopic (exact) mass is 484 g/mol. The number of carbonyl (C=O) groups is 3. The standard InChI is InChI=1S/C13H23NO3.C12H21NO4/c1-12(2,3)17-11(15)14-8-4-5-10(9-14)13(16)6-7-13;1-12(2,3)17-11(15)13-7-5-6-9(8-13)10(14)16-4/h10,16H,4-9H2,1-3H3;9H,5-8H2,1-4H3/t10-;9-/m00/s1. The molecule has 2 saturated heterocycles. The molecule has 9 nitrogen and oxygen atoms in total. The second kappa shape index (κ2) is 11.1. The Morgan fingerprint density at radius 3 is 1.74 bits per heavy atom. The van der Waals surface area contributed by atoms with Crippen molar-refractivity contribution in [2.24, 2.45) is 11.8 Å². The molecular formula is C25H44N2O7. The average Bonchev–Trinajstić information content (AvgIpc) is 3.50. The van der Waals surface area contributed by atoms with Crippen LogP contribution in [0.25, 0.3) is 0 Å². The van der Waals surface area contributed by atoms with Crippen molar-refractivity contribution in [3.8, 4) is 0 Å². The molecule has 0 radical (unpaired) electrons. The van der Waals surface area contributed by atoms with Crippen LogP contribution in [-0.4, -0.2) is 83.2 Å². The van der Waals surface area contributed by atoms with E-state index in [4.69, 9.17) is 14.2 Å². The number of likely N-dealkylation sites (tertiary alicyclic amines) is 2. The van der Waals surface area contributed by atoms with Crippen LogP contribution in [0.3, 0.4) is 0 Å². The Morgan fingerprint density at radius 1 is 0.824 bits per heavy atom. The van der Waals surface area contributed by atoms with Gasteiger partial charge >= 0.3 is 18.2 Å². The van der Waals surface area contributed by atoms with Gasteiger partial charge in [-0.25, -0.2) is 9.59 Å². The summed E-state index contributed by atoms with van der Waals surface area (Å²) in [5.41, 5.74) is -1.43. The SMILES string of the molecule is CC(C)(C)OC(=O)N1CCC[C@H](C2(O)CC2)C1.COC(=O)[C@H]1CCCN(C(=O)OC(C)(C)C)C1. The third-order valence-corrected chi connectivity index (χ3v) is 6.20. The largest absolute Gasteiger partial charge is 0.469 e. The lowest BCUT2D eigenvalue weighted by Crippen LogP contribution is -2.46. The number of amides is 2. The molecule has 2 heterocycles. The van der Waals surface area contributed by atoms with Crippen molar-refractivity contribution in [1.29, 1.82) is 0 Å². The fraction of sp³-hybridized carbons (Fsp3) is 0.880. The van der Waals surface area contributed by atoms with Gasteiger partial charge in [0.05, 0.1) is 18.6 Å². The summed E-state index contributed by atoms with van der Waals surface area (Å²) >= 11 is 0. The maximum absolute atomic E-state index is 11.9. The maximum Gasteiger partial charge on any atom is 0.410 e. The first-order valence-electron chi connectivity index (χ1n) is 12.4. The van der Waals surface area contributed by atoms with E-state index in [0.29, 0.717) is 19.6 Å². The summed E-state index contributed by atoms with van der Waals surface area (Å²) in [5.74, 6) is -0.233. The topological polar surface area (TPSA) is 106 Å². The quantitative estimate of drug-likeness (QED) is 0.467. The minimum Gasteiger partial charge on any atom is -0.469 e. The molecule has 196 valence electrons. The van der Waals surface area contributed by atoms with E-state index in [1.807, 2.05) is 41.5 Å². The van der Waals surface area contributed by atoms with E-state index < -0.39 is 16.8 Å². The first kappa shape index (κ1) is 28.2. The molecule has 9 heteroatoms. The van der Waals surface area contributed by atoms with Gasteiger partial charge in [-0.15, -0.1) is 0 Å². The number of ether oxygens (including phenoxy) is 3. The van der Waals surface area contributed by atoms with Gasteiger partial charge in [-0.05, 0) is 80.1 Å². The summed E-state index contributed by atoms with van der Waals surface area (Å²) in [6.45, 7) is 13.5. The Labute approximate surface area is 204 Å². The summed E-state index contributed by atoms with van der Waals surface area (Å²) in [6, 6.07) is 0. The van der Waals surface area contributed by atoms with Crippen LogP contribution >= 0.6 is 0 Å². The number of rotatable bonds is 2. The molecule has 1 aliphatic carbocycles. The highest BCUT2D eigenvalue weighted by molar-refractivity contribution is 5.74. The second-order valence-electron chi connectivity index (χ2n) is 11.7. The van der Waals surface area contributed by atoms with E-state index in [1.54, 1.807) is 9.80 Å². The van der Waals surface area contributed by atoms with Gasteiger partial charge in [0.1, 0.15) is 11.2 Å². The zero-order valence-corrected chi connectivity index (χ0v) is 22.0. The van der Waals surface area contributed by atoms with E-state index in [-0.39, 0.29) is 30.0 Å². The van der Waals surface area contributed by atoms with Gasteiger partial charge in [0, 0.05) is 32.1 Å². The van der Waals surface area contributed by atoms with Crippen LogP contribution in [0.15, 0.2) is 0 Å². The second-order valence-corrected chi connectivity index (χ2v) is 11.7. The molecule has 34 heavy (non-hydrogen) atoms. The van der Waals surface area contributed by atoms with Gasteiger partial charge in [-0.2, -0.15) is 0 Å². The Morgan fingerprint density at radius 2 is 1.29 bits per heavy atom. The fourth-order valence-corrected chi connectivity index (χ4v) is 4.27. The zero-order chi connectivity index (χ0) is 25.7. The predicted octanol–water partition coefficient (Wildman–Crippen LogP) is 3.96. The molecule has 0 bridgehead atoms. The van der Waals surface area contributed by atoms with Gasteiger partial charge in [-0.3, -0.25) is 4.79 Å². The van der Waals surface area contributed by atoms with Crippen LogP contribution in [0.2, 0.25) is 0 Å². The highest BCUT2D eigenvalue weighted by Gasteiger charge is 2.49. The summed E-state index contributed by atoms with van der Waals surface area (Å²) in [4.78, 5) is 38.5. The van der Waals surface area contributed by atoms with Gasteiger partial charge < -0.3 is 29.1 Å². The van der Waals surface area contributed by atoms with Crippen LogP contribution in [0.5, 0.6) is 0 Å². The lowest BCUT2D eigenvalue weighted by Gasteiger charge is -2.36. The number of hydrogen-bond acceptors (Lipinski definition) is 7. The van der Waals surface area contributed by atoms with Crippen molar-refractivity contribution in [3.63, 3.8) is 0 Å². The third kappa shape index (κ3) is 8.96. The molecule has 0 aromatic heterocycles. The average molecular weight is 485 g/mol. The first-order chi connectivity index (χ1) is 15.6. The summed E-state index contributed by atoms with van der Waals surface area (Å²) in [5, 5.41) is 10.1. The van der Waals surface area contributed by atoms with E-state index >= 15 is 0 Å².